The van der Waals surface area contributed by atoms with E-state index in [1.165, 1.54) is 12.0 Å². The van der Waals surface area contributed by atoms with Gasteiger partial charge in [-0.1, -0.05) is 31.9 Å². The second-order valence-corrected chi connectivity index (χ2v) is 9.10. The summed E-state index contributed by atoms with van der Waals surface area (Å²) >= 11 is 1.84. The van der Waals surface area contributed by atoms with Crippen LogP contribution in [0.15, 0.2) is 34.7 Å². The van der Waals surface area contributed by atoms with Crippen LogP contribution in [0.3, 0.4) is 0 Å². The lowest BCUT2D eigenvalue weighted by Gasteiger charge is -2.36. The number of hydrogen-bond acceptors (Lipinski definition) is 4. The molecule has 2 aliphatic rings. The molecule has 0 aliphatic heterocycles. The van der Waals surface area contributed by atoms with Crippen LogP contribution in [0.2, 0.25) is 0 Å². The largest absolute Gasteiger partial charge is 0.495 e. The van der Waals surface area contributed by atoms with Crippen LogP contribution in [0.1, 0.15) is 64.7 Å². The van der Waals surface area contributed by atoms with Crippen LogP contribution in [-0.2, 0) is 0 Å². The van der Waals surface area contributed by atoms with Crippen LogP contribution in [-0.4, -0.2) is 29.7 Å². The molecule has 26 heavy (non-hydrogen) atoms. The number of thioether (sulfide) groups is 1. The Morgan fingerprint density at radius 2 is 1.81 bits per heavy atom. The Hall–Kier alpha value is -1.13. The quantitative estimate of drug-likeness (QED) is 0.586. The molecule has 144 valence electrons. The van der Waals surface area contributed by atoms with E-state index in [9.17, 15) is 5.11 Å². The van der Waals surface area contributed by atoms with Crippen LogP contribution < -0.4 is 9.47 Å². The molecule has 3 rings (SSSR count). The third kappa shape index (κ3) is 4.23. The fourth-order valence-corrected chi connectivity index (χ4v) is 5.34. The molecule has 3 nitrogen and oxygen atoms in total. The molecule has 0 amide bonds. The molecule has 0 heterocycles. The minimum absolute atomic E-state index is 0.0782. The summed E-state index contributed by atoms with van der Waals surface area (Å²) in [4.78, 5) is 1.07. The average Bonchev–Trinajstić information content (AvgIpc) is 3.41. The Morgan fingerprint density at radius 3 is 2.38 bits per heavy atom. The van der Waals surface area contributed by atoms with Gasteiger partial charge in [-0.2, -0.15) is 0 Å². The third-order valence-corrected chi connectivity index (χ3v) is 7.24. The van der Waals surface area contributed by atoms with Crippen molar-refractivity contribution in [3.05, 3.63) is 29.8 Å². The van der Waals surface area contributed by atoms with Gasteiger partial charge in [-0.05, 0) is 62.7 Å². The Balaban J connectivity index is 1.86. The molecule has 0 bridgehead atoms. The zero-order chi connectivity index (χ0) is 18.6. The van der Waals surface area contributed by atoms with Gasteiger partial charge < -0.3 is 14.6 Å². The van der Waals surface area contributed by atoms with Gasteiger partial charge in [0.05, 0.1) is 24.7 Å². The van der Waals surface area contributed by atoms with E-state index in [-0.39, 0.29) is 4.75 Å². The smallest absolute Gasteiger partial charge is 0.136 e. The van der Waals surface area contributed by atoms with Gasteiger partial charge in [-0.3, -0.25) is 0 Å². The van der Waals surface area contributed by atoms with E-state index in [0.717, 1.165) is 67.8 Å². The van der Waals surface area contributed by atoms with Gasteiger partial charge in [0.1, 0.15) is 11.5 Å². The molecule has 1 unspecified atom stereocenters. The van der Waals surface area contributed by atoms with Crippen molar-refractivity contribution in [2.75, 3.05) is 14.2 Å². The van der Waals surface area contributed by atoms with E-state index >= 15 is 0 Å². The van der Waals surface area contributed by atoms with Crippen LogP contribution in [0, 0.1) is 0 Å². The molecular formula is C22H32O3S. The summed E-state index contributed by atoms with van der Waals surface area (Å²) in [5.41, 5.74) is 0.686. The van der Waals surface area contributed by atoms with Crippen molar-refractivity contribution >= 4 is 11.8 Å². The second kappa shape index (κ2) is 8.26. The van der Waals surface area contributed by atoms with E-state index in [1.807, 2.05) is 30.0 Å². The van der Waals surface area contributed by atoms with Crippen molar-refractivity contribution in [1.29, 1.82) is 0 Å². The number of ether oxygens (including phenoxy) is 2. The maximum atomic E-state index is 11.3. The predicted octanol–water partition coefficient (Wildman–Crippen LogP) is 5.75. The lowest BCUT2D eigenvalue weighted by Crippen LogP contribution is -2.34. The first-order valence-electron chi connectivity index (χ1n) is 9.90. The Labute approximate surface area is 162 Å². The molecule has 2 saturated carbocycles. The highest BCUT2D eigenvalue weighted by atomic mass is 32.2. The average molecular weight is 377 g/mol. The fourth-order valence-electron chi connectivity index (χ4n) is 3.93. The van der Waals surface area contributed by atoms with Gasteiger partial charge >= 0.3 is 0 Å². The molecule has 1 atom stereocenters. The molecule has 4 heteroatoms. The highest BCUT2D eigenvalue weighted by molar-refractivity contribution is 8.01. The predicted molar refractivity (Wildman–Crippen MR) is 108 cm³/mol. The third-order valence-electron chi connectivity index (χ3n) is 5.70. The molecule has 0 saturated heterocycles. The normalized spacial score (nSPS) is 25.9. The van der Waals surface area contributed by atoms with Crippen LogP contribution >= 0.6 is 11.8 Å². The lowest BCUT2D eigenvalue weighted by molar-refractivity contribution is 0.0406. The monoisotopic (exact) mass is 376 g/mol. The second-order valence-electron chi connectivity index (χ2n) is 7.67. The number of aliphatic hydroxyl groups is 1. The Kier molecular flexibility index (Phi) is 6.24. The zero-order valence-corrected chi connectivity index (χ0v) is 17.2. The summed E-state index contributed by atoms with van der Waals surface area (Å²) < 4.78 is 11.2. The summed E-state index contributed by atoms with van der Waals surface area (Å²) in [6.07, 6.45) is 12.1. The number of unbranched alkanes of at least 4 members (excludes halogenated alkanes) is 1. The molecule has 1 N–H and O–H groups in total. The van der Waals surface area contributed by atoms with E-state index in [4.69, 9.17) is 9.47 Å². The van der Waals surface area contributed by atoms with Crippen LogP contribution in [0.5, 0.6) is 11.5 Å². The number of rotatable bonds is 8. The van der Waals surface area contributed by atoms with Gasteiger partial charge in [-0.25, -0.2) is 0 Å². The molecule has 2 aliphatic carbocycles. The summed E-state index contributed by atoms with van der Waals surface area (Å²) in [6, 6.07) is 5.95. The summed E-state index contributed by atoms with van der Waals surface area (Å²) in [5, 5.41) is 11.3. The Bertz CT molecular complexity index is 629. The first kappa shape index (κ1) is 19.6. The van der Waals surface area contributed by atoms with Crippen molar-refractivity contribution in [3.63, 3.8) is 0 Å². The molecule has 2 fully saturated rings. The van der Waals surface area contributed by atoms with Crippen molar-refractivity contribution in [3.8, 4) is 11.5 Å². The van der Waals surface area contributed by atoms with Gasteiger partial charge in [0.2, 0.25) is 0 Å². The van der Waals surface area contributed by atoms with Gasteiger partial charge in [0.25, 0.3) is 0 Å². The summed E-state index contributed by atoms with van der Waals surface area (Å²) in [6.45, 7) is 2.20. The summed E-state index contributed by atoms with van der Waals surface area (Å²) in [5.74, 6) is 1.73. The molecule has 1 aromatic rings. The van der Waals surface area contributed by atoms with E-state index < -0.39 is 5.60 Å². The molecule has 0 radical (unpaired) electrons. The van der Waals surface area contributed by atoms with Gasteiger partial charge in [0.15, 0.2) is 0 Å². The summed E-state index contributed by atoms with van der Waals surface area (Å²) in [7, 11) is 3.42. The molecule has 0 aromatic heterocycles. The molecular weight excluding hydrogens is 344 g/mol. The van der Waals surface area contributed by atoms with E-state index in [0.29, 0.717) is 0 Å². The lowest BCUT2D eigenvalue weighted by atomic mass is 9.76. The standard InChI is InChI=1S/C22H32O3S/c1-4-5-12-22(23)13-7-6-9-17(22)16-21(14-15-21)26-20-18(24-2)10-8-11-19(20)25-3/h8,10-11,16,23H,4-7,9,12-15H2,1-3H3/b17-16+. The number of hydrogen-bond donors (Lipinski definition) is 1. The SMILES string of the molecule is CCCCC1(O)CCCC/C1=C\C1(Sc2c(OC)cccc2OC)CC1. The van der Waals surface area contributed by atoms with E-state index in [2.05, 4.69) is 13.0 Å². The van der Waals surface area contributed by atoms with Gasteiger partial charge in [0, 0.05) is 4.75 Å². The molecule has 0 spiro atoms. The van der Waals surface area contributed by atoms with Crippen molar-refractivity contribution in [2.45, 2.75) is 80.0 Å². The number of methoxy groups -OCH3 is 2. The maximum Gasteiger partial charge on any atom is 0.136 e. The maximum absolute atomic E-state index is 11.3. The van der Waals surface area contributed by atoms with Crippen LogP contribution in [0.4, 0.5) is 0 Å². The fraction of sp³-hybridized carbons (Fsp3) is 0.636. The van der Waals surface area contributed by atoms with E-state index in [1.54, 1.807) is 14.2 Å². The first-order chi connectivity index (χ1) is 12.6. The number of benzene rings is 1. The topological polar surface area (TPSA) is 38.7 Å². The highest BCUT2D eigenvalue weighted by Gasteiger charge is 2.45. The van der Waals surface area contributed by atoms with Crippen molar-refractivity contribution in [1.82, 2.24) is 0 Å². The highest BCUT2D eigenvalue weighted by Crippen LogP contribution is 2.58. The van der Waals surface area contributed by atoms with Crippen LogP contribution in [0.25, 0.3) is 0 Å². The van der Waals surface area contributed by atoms with Gasteiger partial charge in [-0.15, -0.1) is 11.8 Å². The van der Waals surface area contributed by atoms with Crippen molar-refractivity contribution in [2.24, 2.45) is 0 Å². The molecule has 1 aromatic carbocycles. The van der Waals surface area contributed by atoms with Crippen molar-refractivity contribution < 1.29 is 14.6 Å². The minimum Gasteiger partial charge on any atom is -0.495 e. The Morgan fingerprint density at radius 1 is 1.12 bits per heavy atom. The first-order valence-corrected chi connectivity index (χ1v) is 10.7. The minimum atomic E-state index is -0.588. The zero-order valence-electron chi connectivity index (χ0n) is 16.3.